The van der Waals surface area contributed by atoms with Crippen molar-refractivity contribution >= 4 is 11.5 Å². The molecular formula is C11H8N3. The molecule has 3 heteroatoms. The molecule has 0 saturated carbocycles. The fourth-order valence-corrected chi connectivity index (χ4v) is 0.967. The number of nitrogens with zero attached hydrogens (tertiary/aromatic N) is 3. The summed E-state index contributed by atoms with van der Waals surface area (Å²) in [6.45, 7) is 0. The molecule has 2 aromatic rings. The Balaban J connectivity index is 2.16. The molecule has 0 aliphatic carbocycles. The molecule has 1 aromatic carbocycles. The molecule has 0 saturated heterocycles. The lowest BCUT2D eigenvalue weighted by Gasteiger charge is -1.90. The van der Waals surface area contributed by atoms with Crippen molar-refractivity contribution in [1.29, 1.82) is 0 Å². The van der Waals surface area contributed by atoms with E-state index in [9.17, 15) is 0 Å². The second-order valence-electron chi connectivity index (χ2n) is 2.65. The number of hydrogen-bond acceptors (Lipinski definition) is 3. The van der Waals surface area contributed by atoms with E-state index < -0.39 is 0 Å². The van der Waals surface area contributed by atoms with Gasteiger partial charge >= 0.3 is 0 Å². The fourth-order valence-electron chi connectivity index (χ4n) is 0.967. The lowest BCUT2D eigenvalue weighted by atomic mass is 10.3. The van der Waals surface area contributed by atoms with Crippen LogP contribution < -0.4 is 0 Å². The number of rotatable bonds is 2. The first kappa shape index (κ1) is 8.56. The van der Waals surface area contributed by atoms with Crippen LogP contribution >= 0.6 is 0 Å². The van der Waals surface area contributed by atoms with Crippen LogP contribution in [0.3, 0.4) is 0 Å². The molecule has 0 aliphatic heterocycles. The predicted molar refractivity (Wildman–Crippen MR) is 53.7 cm³/mol. The number of aromatic nitrogens is 1. The maximum atomic E-state index is 4.03. The zero-order valence-corrected chi connectivity index (χ0v) is 7.46. The van der Waals surface area contributed by atoms with Crippen LogP contribution in [0.5, 0.6) is 0 Å². The third-order valence-corrected chi connectivity index (χ3v) is 1.62. The van der Waals surface area contributed by atoms with Gasteiger partial charge in [0.05, 0.1) is 5.69 Å². The van der Waals surface area contributed by atoms with Crippen molar-refractivity contribution in [3.8, 4) is 0 Å². The Morgan fingerprint density at radius 3 is 2.57 bits per heavy atom. The Bertz CT molecular complexity index is 368. The molecule has 0 N–H and O–H groups in total. The zero-order chi connectivity index (χ0) is 9.64. The average molecular weight is 182 g/mol. The van der Waals surface area contributed by atoms with Crippen molar-refractivity contribution in [3.05, 3.63) is 54.7 Å². The Hall–Kier alpha value is -2.03. The first-order chi connectivity index (χ1) is 6.95. The van der Waals surface area contributed by atoms with Crippen LogP contribution in [0.2, 0.25) is 0 Å². The second kappa shape index (κ2) is 4.28. The Kier molecular flexibility index (Phi) is 2.62. The Morgan fingerprint density at radius 1 is 1.00 bits per heavy atom. The van der Waals surface area contributed by atoms with E-state index in [4.69, 9.17) is 0 Å². The summed E-state index contributed by atoms with van der Waals surface area (Å²) in [7, 11) is 0. The van der Waals surface area contributed by atoms with Crippen LogP contribution in [-0.4, -0.2) is 4.98 Å². The van der Waals surface area contributed by atoms with Crippen molar-refractivity contribution in [2.24, 2.45) is 10.2 Å². The second-order valence-corrected chi connectivity index (χ2v) is 2.65. The van der Waals surface area contributed by atoms with Crippen LogP contribution in [-0.2, 0) is 0 Å². The number of benzene rings is 1. The largest absolute Gasteiger partial charge is 0.236 e. The number of hydrogen-bond donors (Lipinski definition) is 0. The topological polar surface area (TPSA) is 37.6 Å². The number of pyridine rings is 1. The summed E-state index contributed by atoms with van der Waals surface area (Å²) in [4.78, 5) is 4.03. The van der Waals surface area contributed by atoms with Gasteiger partial charge in [-0.15, -0.1) is 10.2 Å². The van der Waals surface area contributed by atoms with Crippen molar-refractivity contribution in [2.75, 3.05) is 0 Å². The molecule has 1 heterocycles. The summed E-state index contributed by atoms with van der Waals surface area (Å²) in [5, 5.41) is 8.00. The maximum Gasteiger partial charge on any atom is 0.174 e. The first-order valence-electron chi connectivity index (χ1n) is 4.24. The van der Waals surface area contributed by atoms with Crippen molar-refractivity contribution in [3.63, 3.8) is 0 Å². The molecule has 67 valence electrons. The van der Waals surface area contributed by atoms with E-state index in [1.165, 1.54) is 0 Å². The minimum Gasteiger partial charge on any atom is -0.236 e. The minimum absolute atomic E-state index is 0.611. The maximum absolute atomic E-state index is 4.03. The highest BCUT2D eigenvalue weighted by Gasteiger charge is 1.87. The first-order valence-corrected chi connectivity index (χ1v) is 4.24. The highest BCUT2D eigenvalue weighted by atomic mass is 15.1. The van der Waals surface area contributed by atoms with E-state index in [2.05, 4.69) is 21.3 Å². The van der Waals surface area contributed by atoms with Crippen LogP contribution in [0, 0.1) is 6.07 Å². The minimum atomic E-state index is 0.611. The van der Waals surface area contributed by atoms with Gasteiger partial charge in [0.15, 0.2) is 5.82 Å². The third-order valence-electron chi connectivity index (χ3n) is 1.62. The van der Waals surface area contributed by atoms with Crippen molar-refractivity contribution < 1.29 is 0 Å². The molecule has 1 aromatic heterocycles. The molecular weight excluding hydrogens is 174 g/mol. The average Bonchev–Trinajstić information content (AvgIpc) is 2.29. The van der Waals surface area contributed by atoms with Gasteiger partial charge in [0.1, 0.15) is 0 Å². The van der Waals surface area contributed by atoms with E-state index >= 15 is 0 Å². The summed E-state index contributed by atoms with van der Waals surface area (Å²) >= 11 is 0. The van der Waals surface area contributed by atoms with Crippen LogP contribution in [0.15, 0.2) is 58.9 Å². The summed E-state index contributed by atoms with van der Waals surface area (Å²) in [6, 6.07) is 15.7. The van der Waals surface area contributed by atoms with Gasteiger partial charge in [0, 0.05) is 6.20 Å². The van der Waals surface area contributed by atoms with E-state index in [1.807, 2.05) is 24.3 Å². The summed E-state index contributed by atoms with van der Waals surface area (Å²) in [5.74, 6) is 0.611. The van der Waals surface area contributed by atoms with E-state index in [0.717, 1.165) is 5.69 Å². The standard InChI is InChI=1S/C11H8N3/c1-2-6-10(7-3-1)13-14-11-8-4-5-9-12-11/h2-9H/b14-13+. The molecule has 1 radical (unpaired) electrons. The highest BCUT2D eigenvalue weighted by molar-refractivity contribution is 5.35. The molecule has 14 heavy (non-hydrogen) atoms. The molecule has 0 bridgehead atoms. The molecule has 2 rings (SSSR count). The van der Waals surface area contributed by atoms with Gasteiger partial charge in [-0.1, -0.05) is 18.2 Å². The fraction of sp³-hybridized carbons (Fsp3) is 0. The summed E-state index contributed by atoms with van der Waals surface area (Å²) < 4.78 is 0. The third kappa shape index (κ3) is 2.23. The molecule has 0 unspecified atom stereocenters. The van der Waals surface area contributed by atoms with E-state index in [1.54, 1.807) is 24.4 Å². The van der Waals surface area contributed by atoms with Crippen molar-refractivity contribution in [2.45, 2.75) is 0 Å². The van der Waals surface area contributed by atoms with Gasteiger partial charge < -0.3 is 0 Å². The van der Waals surface area contributed by atoms with E-state index in [0.29, 0.717) is 5.82 Å². The lowest BCUT2D eigenvalue weighted by molar-refractivity contribution is 1.15. The predicted octanol–water partition coefficient (Wildman–Crippen LogP) is 3.30. The quantitative estimate of drug-likeness (QED) is 0.656. The molecule has 0 amide bonds. The SMILES string of the molecule is [c]1ccc(/N=N/c2ccccn2)cc1. The number of azo groups is 1. The molecule has 0 fully saturated rings. The Morgan fingerprint density at radius 2 is 1.86 bits per heavy atom. The van der Waals surface area contributed by atoms with Crippen LogP contribution in [0.25, 0.3) is 0 Å². The van der Waals surface area contributed by atoms with Gasteiger partial charge in [0.25, 0.3) is 0 Å². The smallest absolute Gasteiger partial charge is 0.174 e. The van der Waals surface area contributed by atoms with Gasteiger partial charge in [-0.2, -0.15) is 0 Å². The van der Waals surface area contributed by atoms with Gasteiger partial charge in [0.2, 0.25) is 0 Å². The normalized spacial score (nSPS) is 10.6. The highest BCUT2D eigenvalue weighted by Crippen LogP contribution is 2.14. The lowest BCUT2D eigenvalue weighted by Crippen LogP contribution is -1.68. The van der Waals surface area contributed by atoms with Crippen LogP contribution in [0.1, 0.15) is 0 Å². The summed E-state index contributed by atoms with van der Waals surface area (Å²) in [5.41, 5.74) is 0.800. The zero-order valence-electron chi connectivity index (χ0n) is 7.46. The van der Waals surface area contributed by atoms with E-state index in [-0.39, 0.29) is 0 Å². The van der Waals surface area contributed by atoms with Gasteiger partial charge in [-0.05, 0) is 30.3 Å². The monoisotopic (exact) mass is 182 g/mol. The molecule has 0 spiro atoms. The van der Waals surface area contributed by atoms with Crippen LogP contribution in [0.4, 0.5) is 11.5 Å². The van der Waals surface area contributed by atoms with Gasteiger partial charge in [-0.25, -0.2) is 4.98 Å². The van der Waals surface area contributed by atoms with Gasteiger partial charge in [-0.3, -0.25) is 0 Å². The molecule has 0 aliphatic rings. The van der Waals surface area contributed by atoms with Crippen molar-refractivity contribution in [1.82, 2.24) is 4.98 Å². The summed E-state index contributed by atoms with van der Waals surface area (Å²) in [6.07, 6.45) is 1.69. The Labute approximate surface area is 82.2 Å². The molecule has 3 nitrogen and oxygen atoms in total. The molecule has 0 atom stereocenters.